The Kier molecular flexibility index (Phi) is 4.83. The number of hydrogen-bond acceptors (Lipinski definition) is 3. The van der Waals surface area contributed by atoms with Crippen LogP contribution < -0.4 is 0 Å². The van der Waals surface area contributed by atoms with Gasteiger partial charge in [-0.25, -0.2) is 9.59 Å². The van der Waals surface area contributed by atoms with Crippen LogP contribution >= 0.6 is 11.8 Å². The number of carbonyl (C=O) groups excluding carboxylic acids is 1. The molecule has 0 aliphatic carbocycles. The van der Waals surface area contributed by atoms with Crippen molar-refractivity contribution >= 4 is 23.8 Å². The Morgan fingerprint density at radius 2 is 1.75 bits per heavy atom. The Balaban J connectivity index is 2.11. The molecule has 2 amide bonds. The molecule has 0 saturated carbocycles. The molecule has 2 aliphatic heterocycles. The molecule has 2 heterocycles. The van der Waals surface area contributed by atoms with Gasteiger partial charge in [0.1, 0.15) is 6.04 Å². The van der Waals surface area contributed by atoms with Crippen LogP contribution in [-0.4, -0.2) is 63.1 Å². The summed E-state index contributed by atoms with van der Waals surface area (Å²) in [5, 5.41) is 10.2. The van der Waals surface area contributed by atoms with E-state index in [9.17, 15) is 14.7 Å². The van der Waals surface area contributed by atoms with Crippen LogP contribution in [-0.2, 0) is 4.79 Å². The highest BCUT2D eigenvalue weighted by atomic mass is 32.2. The van der Waals surface area contributed by atoms with Gasteiger partial charge in [-0.2, -0.15) is 11.8 Å². The molecule has 20 heavy (non-hydrogen) atoms. The number of carbonyl (C=O) groups is 2. The number of amides is 2. The smallest absolute Gasteiger partial charge is 0.326 e. The zero-order valence-corrected chi connectivity index (χ0v) is 13.2. The summed E-state index contributed by atoms with van der Waals surface area (Å²) in [6.07, 6.45) is 1.77. The number of rotatable bonds is 1. The van der Waals surface area contributed by atoms with Gasteiger partial charge in [0.15, 0.2) is 0 Å². The Hall–Kier alpha value is -0.910. The number of hydrogen-bond donors (Lipinski definition) is 1. The van der Waals surface area contributed by atoms with E-state index in [-0.39, 0.29) is 11.9 Å². The molecular formula is C14H24N2O3S. The average Bonchev–Trinajstić information content (AvgIpc) is 2.35. The molecular weight excluding hydrogens is 276 g/mol. The third-order valence-electron chi connectivity index (χ3n) is 4.12. The molecule has 0 aromatic heterocycles. The average molecular weight is 300 g/mol. The van der Waals surface area contributed by atoms with Crippen LogP contribution in [0.5, 0.6) is 0 Å². The Morgan fingerprint density at radius 1 is 1.15 bits per heavy atom. The quantitative estimate of drug-likeness (QED) is 0.806. The summed E-state index contributed by atoms with van der Waals surface area (Å²) >= 11 is 1.89. The first-order valence-electron chi connectivity index (χ1n) is 7.34. The van der Waals surface area contributed by atoms with Crippen molar-refractivity contribution in [2.45, 2.75) is 50.2 Å². The minimum Gasteiger partial charge on any atom is -0.480 e. The molecule has 0 aromatic rings. The lowest BCUT2D eigenvalue weighted by Crippen LogP contribution is -2.58. The molecule has 4 atom stereocenters. The molecule has 1 N–H and O–H groups in total. The second kappa shape index (κ2) is 6.24. The summed E-state index contributed by atoms with van der Waals surface area (Å²) < 4.78 is 0. The molecule has 0 bridgehead atoms. The first kappa shape index (κ1) is 15.5. The van der Waals surface area contributed by atoms with E-state index in [2.05, 4.69) is 13.8 Å². The van der Waals surface area contributed by atoms with Crippen LogP contribution in [0, 0.1) is 5.92 Å². The number of urea groups is 1. The highest BCUT2D eigenvalue weighted by Crippen LogP contribution is 2.28. The van der Waals surface area contributed by atoms with Crippen LogP contribution in [0.15, 0.2) is 0 Å². The van der Waals surface area contributed by atoms with Crippen molar-refractivity contribution in [1.82, 2.24) is 9.80 Å². The summed E-state index contributed by atoms with van der Waals surface area (Å²) in [6, 6.07) is -0.764. The Bertz CT molecular complexity index is 381. The van der Waals surface area contributed by atoms with Crippen molar-refractivity contribution in [3.05, 3.63) is 0 Å². The lowest BCUT2D eigenvalue weighted by Gasteiger charge is -2.42. The van der Waals surface area contributed by atoms with Gasteiger partial charge in [-0.1, -0.05) is 20.8 Å². The maximum absolute atomic E-state index is 12.7. The van der Waals surface area contributed by atoms with Crippen molar-refractivity contribution in [3.8, 4) is 0 Å². The first-order valence-corrected chi connectivity index (χ1v) is 8.28. The Labute approximate surface area is 124 Å². The molecule has 0 aromatic carbocycles. The van der Waals surface area contributed by atoms with Crippen molar-refractivity contribution in [2.75, 3.05) is 19.6 Å². The fourth-order valence-corrected chi connectivity index (χ4v) is 4.62. The third kappa shape index (κ3) is 3.22. The van der Waals surface area contributed by atoms with Crippen LogP contribution in [0.1, 0.15) is 33.6 Å². The predicted molar refractivity (Wildman–Crippen MR) is 80.0 cm³/mol. The summed E-state index contributed by atoms with van der Waals surface area (Å²) in [5.41, 5.74) is 0. The van der Waals surface area contributed by atoms with Crippen LogP contribution in [0.2, 0.25) is 0 Å². The summed E-state index contributed by atoms with van der Waals surface area (Å²) in [7, 11) is 0. The topological polar surface area (TPSA) is 60.9 Å². The van der Waals surface area contributed by atoms with Gasteiger partial charge in [-0.05, 0) is 18.8 Å². The molecule has 2 saturated heterocycles. The zero-order valence-electron chi connectivity index (χ0n) is 12.4. The predicted octanol–water partition coefficient (Wildman–Crippen LogP) is 2.12. The van der Waals surface area contributed by atoms with Gasteiger partial charge in [-0.15, -0.1) is 0 Å². The zero-order chi connectivity index (χ0) is 14.9. The van der Waals surface area contributed by atoms with Crippen molar-refractivity contribution < 1.29 is 14.7 Å². The van der Waals surface area contributed by atoms with Gasteiger partial charge in [0, 0.05) is 30.1 Å². The molecule has 0 spiro atoms. The first-order chi connectivity index (χ1) is 9.40. The SMILES string of the molecule is CC1CN(C(=O)N2CCCC(C)C2C(=O)O)CC(C)S1. The van der Waals surface area contributed by atoms with E-state index in [0.29, 0.717) is 30.1 Å². The third-order valence-corrected chi connectivity index (χ3v) is 5.35. The maximum atomic E-state index is 12.7. The van der Waals surface area contributed by atoms with Gasteiger partial charge in [0.05, 0.1) is 0 Å². The number of aliphatic carboxylic acids is 1. The van der Waals surface area contributed by atoms with E-state index in [1.165, 1.54) is 0 Å². The number of likely N-dealkylation sites (tertiary alicyclic amines) is 1. The van der Waals surface area contributed by atoms with Gasteiger partial charge in [0.25, 0.3) is 0 Å². The van der Waals surface area contributed by atoms with E-state index in [4.69, 9.17) is 0 Å². The van der Waals surface area contributed by atoms with Gasteiger partial charge >= 0.3 is 12.0 Å². The molecule has 114 valence electrons. The summed E-state index contributed by atoms with van der Waals surface area (Å²) in [6.45, 7) is 8.15. The van der Waals surface area contributed by atoms with Crippen molar-refractivity contribution in [1.29, 1.82) is 0 Å². The number of nitrogens with zero attached hydrogens (tertiary/aromatic N) is 2. The van der Waals surface area contributed by atoms with Gasteiger partial charge in [-0.3, -0.25) is 0 Å². The normalized spacial score (nSPS) is 35.0. The minimum atomic E-state index is -0.877. The molecule has 2 fully saturated rings. The second-order valence-corrected chi connectivity index (χ2v) is 7.92. The lowest BCUT2D eigenvalue weighted by molar-refractivity contribution is -0.145. The number of piperidine rings is 1. The summed E-state index contributed by atoms with van der Waals surface area (Å²) in [5.74, 6) is -0.850. The van der Waals surface area contributed by atoms with E-state index >= 15 is 0 Å². The number of thioether (sulfide) groups is 1. The Morgan fingerprint density at radius 3 is 2.30 bits per heavy atom. The molecule has 4 unspecified atom stereocenters. The molecule has 6 heteroatoms. The second-order valence-electron chi connectivity index (χ2n) is 6.04. The highest BCUT2D eigenvalue weighted by Gasteiger charge is 2.40. The fourth-order valence-electron chi connectivity index (χ4n) is 3.29. The highest BCUT2D eigenvalue weighted by molar-refractivity contribution is 8.00. The van der Waals surface area contributed by atoms with Gasteiger partial charge < -0.3 is 14.9 Å². The van der Waals surface area contributed by atoms with E-state index in [0.717, 1.165) is 12.8 Å². The standard InChI is InChI=1S/C14H24N2O3S/c1-9-5-4-6-16(12(9)13(17)18)14(19)15-7-10(2)20-11(3)8-15/h9-12H,4-8H2,1-3H3,(H,17,18). The fraction of sp³-hybridized carbons (Fsp3) is 0.857. The number of carboxylic acids is 1. The minimum absolute atomic E-state index is 0.0270. The molecule has 2 aliphatic rings. The molecule has 0 radical (unpaired) electrons. The maximum Gasteiger partial charge on any atom is 0.326 e. The summed E-state index contributed by atoms with van der Waals surface area (Å²) in [4.78, 5) is 27.6. The van der Waals surface area contributed by atoms with Crippen LogP contribution in [0.4, 0.5) is 4.79 Å². The van der Waals surface area contributed by atoms with Crippen LogP contribution in [0.3, 0.4) is 0 Å². The number of carboxylic acid groups (broad SMARTS) is 1. The monoisotopic (exact) mass is 300 g/mol. The van der Waals surface area contributed by atoms with E-state index in [1.54, 1.807) is 4.90 Å². The molecule has 2 rings (SSSR count). The molecule has 5 nitrogen and oxygen atoms in total. The lowest BCUT2D eigenvalue weighted by atomic mass is 9.91. The van der Waals surface area contributed by atoms with Gasteiger partial charge in [0.2, 0.25) is 0 Å². The van der Waals surface area contributed by atoms with E-state index < -0.39 is 12.0 Å². The van der Waals surface area contributed by atoms with E-state index in [1.807, 2.05) is 23.6 Å². The van der Waals surface area contributed by atoms with Crippen LogP contribution in [0.25, 0.3) is 0 Å². The largest absolute Gasteiger partial charge is 0.480 e. The van der Waals surface area contributed by atoms with Crippen molar-refractivity contribution in [3.63, 3.8) is 0 Å². The van der Waals surface area contributed by atoms with Crippen molar-refractivity contribution in [2.24, 2.45) is 5.92 Å².